The molecule has 5 heteroatoms. The van der Waals surface area contributed by atoms with Gasteiger partial charge >= 0.3 is 0 Å². The third kappa shape index (κ3) is 3.20. The summed E-state index contributed by atoms with van der Waals surface area (Å²) in [7, 11) is 0. The second kappa shape index (κ2) is 6.76. The van der Waals surface area contributed by atoms with Gasteiger partial charge in [-0.15, -0.1) is 0 Å². The van der Waals surface area contributed by atoms with E-state index < -0.39 is 0 Å². The van der Waals surface area contributed by atoms with Gasteiger partial charge in [0.25, 0.3) is 5.91 Å². The first-order valence-corrected chi connectivity index (χ1v) is 8.58. The Balaban J connectivity index is 1.50. The van der Waals surface area contributed by atoms with Gasteiger partial charge in [0.15, 0.2) is 11.5 Å². The molecule has 0 spiro atoms. The molecule has 0 aromatic heterocycles. The Morgan fingerprint density at radius 2 is 1.76 bits per heavy atom. The standard InChI is InChI=1S/C20H21NO4/c22-19(15-6-7-17-18(12-15)25-14-24-17)21-13-20(8-10-23-11-9-20)16-4-2-1-3-5-16/h1-7,12H,8-11,13-14H2,(H,21,22). The van der Waals surface area contributed by atoms with Crippen LogP contribution in [0.3, 0.4) is 0 Å². The molecule has 1 N–H and O–H groups in total. The number of fused-ring (bicyclic) bond motifs is 1. The normalized spacial score (nSPS) is 17.9. The Kier molecular flexibility index (Phi) is 4.32. The van der Waals surface area contributed by atoms with Crippen LogP contribution in [0.15, 0.2) is 48.5 Å². The average Bonchev–Trinajstić information content (AvgIpc) is 3.15. The SMILES string of the molecule is O=C(NCC1(c2ccccc2)CCOCC1)c1ccc2c(c1)OCO2. The molecule has 2 aliphatic rings. The number of hydrogen-bond acceptors (Lipinski definition) is 4. The third-order valence-corrected chi connectivity index (χ3v) is 5.06. The number of amides is 1. The van der Waals surface area contributed by atoms with E-state index >= 15 is 0 Å². The molecular formula is C20H21NO4. The monoisotopic (exact) mass is 339 g/mol. The quantitative estimate of drug-likeness (QED) is 0.931. The van der Waals surface area contributed by atoms with Crippen LogP contribution < -0.4 is 14.8 Å². The van der Waals surface area contributed by atoms with E-state index in [1.165, 1.54) is 5.56 Å². The van der Waals surface area contributed by atoms with Gasteiger partial charge in [-0.05, 0) is 36.6 Å². The molecule has 2 aliphatic heterocycles. The summed E-state index contributed by atoms with van der Waals surface area (Å²) >= 11 is 0. The summed E-state index contributed by atoms with van der Waals surface area (Å²) in [6.45, 7) is 2.23. The highest BCUT2D eigenvalue weighted by atomic mass is 16.7. The van der Waals surface area contributed by atoms with Crippen molar-refractivity contribution in [1.82, 2.24) is 5.32 Å². The summed E-state index contributed by atoms with van der Waals surface area (Å²) in [6.07, 6.45) is 1.80. The molecule has 2 aromatic carbocycles. The number of ether oxygens (including phenoxy) is 3. The van der Waals surface area contributed by atoms with E-state index in [9.17, 15) is 4.79 Å². The van der Waals surface area contributed by atoms with E-state index in [0.29, 0.717) is 23.6 Å². The minimum Gasteiger partial charge on any atom is -0.454 e. The van der Waals surface area contributed by atoms with Crippen LogP contribution in [0.4, 0.5) is 0 Å². The second-order valence-corrected chi connectivity index (χ2v) is 6.51. The number of rotatable bonds is 4. The Morgan fingerprint density at radius 3 is 2.56 bits per heavy atom. The lowest BCUT2D eigenvalue weighted by molar-refractivity contribution is 0.0487. The van der Waals surface area contributed by atoms with Gasteiger partial charge in [-0.1, -0.05) is 30.3 Å². The molecule has 4 rings (SSSR count). The maximum atomic E-state index is 12.6. The largest absolute Gasteiger partial charge is 0.454 e. The fourth-order valence-corrected chi connectivity index (χ4v) is 3.51. The number of benzene rings is 2. The molecule has 2 aromatic rings. The number of nitrogens with one attached hydrogen (secondary N) is 1. The zero-order valence-corrected chi connectivity index (χ0v) is 14.0. The third-order valence-electron chi connectivity index (χ3n) is 5.06. The van der Waals surface area contributed by atoms with Crippen molar-refractivity contribution in [2.24, 2.45) is 0 Å². The van der Waals surface area contributed by atoms with Gasteiger partial charge in [-0.25, -0.2) is 0 Å². The van der Waals surface area contributed by atoms with Gasteiger partial charge in [0.2, 0.25) is 6.79 Å². The van der Waals surface area contributed by atoms with Crippen LogP contribution in [-0.4, -0.2) is 32.5 Å². The van der Waals surface area contributed by atoms with Gasteiger partial charge in [0.1, 0.15) is 0 Å². The first-order valence-electron chi connectivity index (χ1n) is 8.58. The Bertz CT molecular complexity index is 754. The van der Waals surface area contributed by atoms with Gasteiger partial charge in [0.05, 0.1) is 0 Å². The summed E-state index contributed by atoms with van der Waals surface area (Å²) in [6, 6.07) is 15.7. The van der Waals surface area contributed by atoms with E-state index in [1.54, 1.807) is 18.2 Å². The maximum absolute atomic E-state index is 12.6. The van der Waals surface area contributed by atoms with Crippen molar-refractivity contribution in [2.75, 3.05) is 26.6 Å². The summed E-state index contributed by atoms with van der Waals surface area (Å²) in [5, 5.41) is 3.11. The zero-order chi connectivity index (χ0) is 17.1. The van der Waals surface area contributed by atoms with Crippen LogP contribution in [0.25, 0.3) is 0 Å². The van der Waals surface area contributed by atoms with Crippen molar-refractivity contribution in [2.45, 2.75) is 18.3 Å². The first kappa shape index (κ1) is 16.0. The molecule has 2 heterocycles. The van der Waals surface area contributed by atoms with Crippen molar-refractivity contribution in [3.8, 4) is 11.5 Å². The molecule has 0 unspecified atom stereocenters. The summed E-state index contributed by atoms with van der Waals surface area (Å²) in [5.41, 5.74) is 1.76. The summed E-state index contributed by atoms with van der Waals surface area (Å²) in [5.74, 6) is 1.21. The maximum Gasteiger partial charge on any atom is 0.251 e. The topological polar surface area (TPSA) is 56.8 Å². The van der Waals surface area contributed by atoms with Crippen molar-refractivity contribution < 1.29 is 19.0 Å². The second-order valence-electron chi connectivity index (χ2n) is 6.51. The minimum absolute atomic E-state index is 0.0779. The lowest BCUT2D eigenvalue weighted by Crippen LogP contribution is -2.44. The summed E-state index contributed by atoms with van der Waals surface area (Å²) in [4.78, 5) is 12.6. The molecule has 0 bridgehead atoms. The van der Waals surface area contributed by atoms with Crippen molar-refractivity contribution >= 4 is 5.91 Å². The molecule has 0 atom stereocenters. The molecule has 0 aliphatic carbocycles. The van der Waals surface area contributed by atoms with Gasteiger partial charge in [-0.2, -0.15) is 0 Å². The van der Waals surface area contributed by atoms with Crippen molar-refractivity contribution in [1.29, 1.82) is 0 Å². The highest BCUT2D eigenvalue weighted by molar-refractivity contribution is 5.95. The first-order chi connectivity index (χ1) is 12.3. The predicted molar refractivity (Wildman–Crippen MR) is 93.1 cm³/mol. The van der Waals surface area contributed by atoms with Gasteiger partial charge < -0.3 is 19.5 Å². The van der Waals surface area contributed by atoms with E-state index in [-0.39, 0.29) is 18.1 Å². The van der Waals surface area contributed by atoms with E-state index in [1.807, 2.05) is 18.2 Å². The van der Waals surface area contributed by atoms with Crippen LogP contribution in [0.5, 0.6) is 11.5 Å². The number of carbonyl (C=O) groups excluding carboxylic acids is 1. The summed E-state index contributed by atoms with van der Waals surface area (Å²) < 4.78 is 16.2. The van der Waals surface area contributed by atoms with Gasteiger partial charge in [-0.3, -0.25) is 4.79 Å². The Hall–Kier alpha value is -2.53. The Labute approximate surface area is 146 Å². The average molecular weight is 339 g/mol. The molecule has 1 fully saturated rings. The highest BCUT2D eigenvalue weighted by Crippen LogP contribution is 2.35. The Morgan fingerprint density at radius 1 is 1.00 bits per heavy atom. The highest BCUT2D eigenvalue weighted by Gasteiger charge is 2.34. The molecule has 25 heavy (non-hydrogen) atoms. The molecule has 0 radical (unpaired) electrons. The number of hydrogen-bond donors (Lipinski definition) is 1. The predicted octanol–water partition coefficient (Wildman–Crippen LogP) is 2.89. The minimum atomic E-state index is -0.0971. The van der Waals surface area contributed by atoms with E-state index in [0.717, 1.165) is 26.1 Å². The van der Waals surface area contributed by atoms with Crippen LogP contribution in [0.2, 0.25) is 0 Å². The van der Waals surface area contributed by atoms with E-state index in [4.69, 9.17) is 14.2 Å². The molecule has 1 saturated heterocycles. The molecule has 130 valence electrons. The van der Waals surface area contributed by atoms with Crippen molar-refractivity contribution in [3.05, 3.63) is 59.7 Å². The van der Waals surface area contributed by atoms with Crippen molar-refractivity contribution in [3.63, 3.8) is 0 Å². The molecule has 1 amide bonds. The van der Waals surface area contributed by atoms with Crippen LogP contribution >= 0.6 is 0 Å². The lowest BCUT2D eigenvalue weighted by Gasteiger charge is -2.38. The van der Waals surface area contributed by atoms with Crippen LogP contribution in [0, 0.1) is 0 Å². The smallest absolute Gasteiger partial charge is 0.251 e. The fourth-order valence-electron chi connectivity index (χ4n) is 3.51. The van der Waals surface area contributed by atoms with Gasteiger partial charge in [0, 0.05) is 30.7 Å². The molecule has 5 nitrogen and oxygen atoms in total. The van der Waals surface area contributed by atoms with E-state index in [2.05, 4.69) is 17.4 Å². The number of carbonyl (C=O) groups is 1. The zero-order valence-electron chi connectivity index (χ0n) is 14.0. The van der Waals surface area contributed by atoms with Crippen LogP contribution in [0.1, 0.15) is 28.8 Å². The van der Waals surface area contributed by atoms with Crippen LogP contribution in [-0.2, 0) is 10.2 Å². The molecule has 0 saturated carbocycles. The fraction of sp³-hybridized carbons (Fsp3) is 0.350. The lowest BCUT2D eigenvalue weighted by atomic mass is 9.74. The molecular weight excluding hydrogens is 318 g/mol.